The molecule has 4 aromatic rings. The Balaban J connectivity index is 1.13. The van der Waals surface area contributed by atoms with Crippen LogP contribution in [0.1, 0.15) is 331 Å². The molecule has 0 atom stereocenters. The fourth-order valence-electron chi connectivity index (χ4n) is 12.6. The zero-order valence-electron chi connectivity index (χ0n) is 59.9. The second-order valence-electron chi connectivity index (χ2n) is 26.4. The average molecular weight is 1330 g/mol. The molecule has 2 aliphatic rings. The Labute approximate surface area is 576 Å². The van der Waals surface area contributed by atoms with E-state index < -0.39 is 29.5 Å². The Kier molecular flexibility index (Phi) is 37.1. The number of ether oxygens (including phenoxy) is 6. The van der Waals surface area contributed by atoms with Gasteiger partial charge in [0.15, 0.2) is 23.0 Å². The smallest absolute Gasteiger partial charge is 0.265 e. The van der Waals surface area contributed by atoms with Crippen molar-refractivity contribution in [2.75, 3.05) is 64.2 Å². The summed E-state index contributed by atoms with van der Waals surface area (Å²) < 4.78 is 39.0. The van der Waals surface area contributed by atoms with Crippen LogP contribution in [0.5, 0.6) is 34.5 Å². The molecule has 2 aliphatic heterocycles. The molecule has 4 aromatic carbocycles. The molecular weight excluding hydrogens is 1210 g/mol. The monoisotopic (exact) mass is 1330 g/mol. The number of hydrogen-bond donors (Lipinski definition) is 2. The van der Waals surface area contributed by atoms with Crippen LogP contribution in [0.25, 0.3) is 10.8 Å². The molecule has 2 N–H and O–H groups in total. The Bertz CT molecular complexity index is 2870. The van der Waals surface area contributed by atoms with Gasteiger partial charge in [0.1, 0.15) is 0 Å². The third kappa shape index (κ3) is 24.9. The van der Waals surface area contributed by atoms with E-state index in [1.807, 2.05) is 0 Å². The zero-order valence-corrected chi connectivity index (χ0v) is 59.9. The maximum atomic E-state index is 15.0. The van der Waals surface area contributed by atoms with E-state index in [0.717, 1.165) is 138 Å². The van der Waals surface area contributed by atoms with Crippen LogP contribution in [0.2, 0.25) is 0 Å². The summed E-state index contributed by atoms with van der Waals surface area (Å²) in [6.07, 6.45) is 39.4. The molecule has 16 heteroatoms. The van der Waals surface area contributed by atoms with E-state index in [1.165, 1.54) is 115 Å². The van der Waals surface area contributed by atoms with Gasteiger partial charge in [-0.15, -0.1) is 0 Å². The van der Waals surface area contributed by atoms with Gasteiger partial charge in [-0.2, -0.15) is 0 Å². The zero-order chi connectivity index (χ0) is 68.5. The van der Waals surface area contributed by atoms with E-state index in [9.17, 15) is 28.8 Å². The van der Waals surface area contributed by atoms with Crippen molar-refractivity contribution in [2.24, 2.45) is 0 Å². The highest BCUT2D eigenvalue weighted by Gasteiger charge is 2.41. The summed E-state index contributed by atoms with van der Waals surface area (Å²) in [5.41, 5.74) is 1.27. The number of amides is 6. The Morgan fingerprint density at radius 3 is 0.969 bits per heavy atom. The van der Waals surface area contributed by atoms with Crippen LogP contribution >= 0.6 is 0 Å². The van der Waals surface area contributed by atoms with Gasteiger partial charge < -0.3 is 39.1 Å². The molecule has 0 aromatic heterocycles. The predicted molar refractivity (Wildman–Crippen MR) is 387 cm³/mol. The molecule has 6 rings (SSSR count). The van der Waals surface area contributed by atoms with Gasteiger partial charge in [-0.1, -0.05) is 234 Å². The number of rotatable bonds is 56. The van der Waals surface area contributed by atoms with E-state index in [-0.39, 0.29) is 70.7 Å². The second-order valence-corrected chi connectivity index (χ2v) is 26.4. The molecule has 6 amide bonds. The molecule has 0 spiro atoms. The van der Waals surface area contributed by atoms with Crippen molar-refractivity contribution < 1.29 is 57.2 Å². The molecule has 532 valence electrons. The first-order chi connectivity index (χ1) is 47.0. The van der Waals surface area contributed by atoms with Crippen LogP contribution < -0.4 is 44.0 Å². The largest absolute Gasteiger partial charge is 0.490 e. The lowest BCUT2D eigenvalue weighted by Crippen LogP contribution is -2.46. The van der Waals surface area contributed by atoms with Crippen molar-refractivity contribution in [3.8, 4) is 34.5 Å². The third-order valence-corrected chi connectivity index (χ3v) is 18.3. The quantitative estimate of drug-likeness (QED) is 0.0315. The van der Waals surface area contributed by atoms with Gasteiger partial charge in [0.2, 0.25) is 17.4 Å². The van der Waals surface area contributed by atoms with Crippen LogP contribution in [0.3, 0.4) is 0 Å². The molecule has 96 heavy (non-hydrogen) atoms. The topological polar surface area (TPSA) is 188 Å². The predicted octanol–water partition coefficient (Wildman–Crippen LogP) is 19.6. The van der Waals surface area contributed by atoms with Gasteiger partial charge in [-0.05, 0) is 74.9 Å². The Morgan fingerprint density at radius 2 is 0.635 bits per heavy atom. The maximum Gasteiger partial charge on any atom is 0.265 e. The van der Waals surface area contributed by atoms with E-state index in [2.05, 4.69) is 52.2 Å². The number of nitrogens with zero attached hydrogens (tertiary/aromatic N) is 2. The minimum Gasteiger partial charge on any atom is -0.490 e. The van der Waals surface area contributed by atoms with Crippen LogP contribution in [-0.2, 0) is 4.79 Å². The molecule has 0 saturated carbocycles. The Morgan fingerprint density at radius 1 is 0.344 bits per heavy atom. The fraction of sp³-hybridized carbons (Fsp3) is 0.650. The second kappa shape index (κ2) is 45.6. The molecule has 0 bridgehead atoms. The summed E-state index contributed by atoms with van der Waals surface area (Å²) in [6, 6.07) is 13.0. The number of nitrogens with one attached hydrogen (secondary N) is 2. The van der Waals surface area contributed by atoms with E-state index in [0.29, 0.717) is 79.7 Å². The van der Waals surface area contributed by atoms with Crippen LogP contribution in [-0.4, -0.2) is 99.6 Å². The first-order valence-electron chi connectivity index (χ1n) is 38.0. The maximum absolute atomic E-state index is 15.0. The number of carbonyl (C=O) groups excluding carboxylic acids is 6. The van der Waals surface area contributed by atoms with E-state index in [4.69, 9.17) is 28.4 Å². The van der Waals surface area contributed by atoms with E-state index >= 15 is 0 Å². The number of carbonyl (C=O) groups is 6. The Hall–Kier alpha value is -6.84. The van der Waals surface area contributed by atoms with Gasteiger partial charge in [0.25, 0.3) is 29.5 Å². The van der Waals surface area contributed by atoms with Crippen molar-refractivity contribution in [3.63, 3.8) is 0 Å². The highest BCUT2D eigenvalue weighted by atomic mass is 16.5. The number of hydrogen-bond acceptors (Lipinski definition) is 12. The summed E-state index contributed by atoms with van der Waals surface area (Å²) in [7, 11) is 0. The average Bonchev–Trinajstić information content (AvgIpc) is 0.713. The number of unbranched alkanes of at least 4 members (excludes halogenated alkanes) is 30. The van der Waals surface area contributed by atoms with Gasteiger partial charge >= 0.3 is 0 Å². The van der Waals surface area contributed by atoms with Crippen molar-refractivity contribution in [1.29, 1.82) is 0 Å². The summed E-state index contributed by atoms with van der Waals surface area (Å²) in [6.45, 7) is 15.8. The van der Waals surface area contributed by atoms with E-state index in [1.54, 1.807) is 36.4 Å². The first-order valence-corrected chi connectivity index (χ1v) is 38.0. The summed E-state index contributed by atoms with van der Waals surface area (Å²) in [5.74, 6) is -0.514. The lowest BCUT2D eigenvalue weighted by molar-refractivity contribution is -0.121. The molecular formula is C80H120N4O12. The highest BCUT2D eigenvalue weighted by Crippen LogP contribution is 2.46. The SMILES string of the molecule is CCCCCCCCOc1cc(C(=O)NCCC(=O)NCCN2C(=O)c3ccc4c5c(ccc(c35)C2=O)C(=O)N(c2cc(OCCCCCCCC)c(OCCCCCCCC)c(OCCCCCCCC)c2)C4=O)cc(OCCCCCCCC)c1OCCCCCCCC. The molecule has 0 radical (unpaired) electrons. The molecule has 16 nitrogen and oxygen atoms in total. The summed E-state index contributed by atoms with van der Waals surface area (Å²) in [4.78, 5) is 88.2. The van der Waals surface area contributed by atoms with Gasteiger partial charge in [-0.25, -0.2) is 4.90 Å². The van der Waals surface area contributed by atoms with Crippen LogP contribution in [0.4, 0.5) is 5.69 Å². The molecule has 0 aliphatic carbocycles. The van der Waals surface area contributed by atoms with Crippen molar-refractivity contribution >= 4 is 51.9 Å². The van der Waals surface area contributed by atoms with Gasteiger partial charge in [0.05, 0.1) is 45.3 Å². The third-order valence-electron chi connectivity index (χ3n) is 18.3. The lowest BCUT2D eigenvalue weighted by Gasteiger charge is -2.32. The minimum atomic E-state index is -0.612. The van der Waals surface area contributed by atoms with Crippen LogP contribution in [0.15, 0.2) is 48.5 Å². The van der Waals surface area contributed by atoms with Gasteiger partial charge in [-0.3, -0.25) is 33.7 Å². The highest BCUT2D eigenvalue weighted by molar-refractivity contribution is 6.39. The number of benzene rings is 4. The molecule has 0 saturated heterocycles. The van der Waals surface area contributed by atoms with Crippen molar-refractivity contribution in [3.05, 3.63) is 76.3 Å². The summed E-state index contributed by atoms with van der Waals surface area (Å²) in [5, 5.41) is 6.20. The minimum absolute atomic E-state index is 0.0146. The van der Waals surface area contributed by atoms with Crippen LogP contribution in [0, 0.1) is 0 Å². The molecule has 2 heterocycles. The number of anilines is 1. The number of imide groups is 2. The van der Waals surface area contributed by atoms with Crippen molar-refractivity contribution in [2.45, 2.75) is 279 Å². The molecule has 0 unspecified atom stereocenters. The fourth-order valence-corrected chi connectivity index (χ4v) is 12.6. The summed E-state index contributed by atoms with van der Waals surface area (Å²) >= 11 is 0. The van der Waals surface area contributed by atoms with Crippen molar-refractivity contribution in [1.82, 2.24) is 15.5 Å². The lowest BCUT2D eigenvalue weighted by atomic mass is 9.85. The molecule has 0 fully saturated rings. The standard InChI is InChI=1S/C80H120N4O12/c1-7-13-19-25-31-37-51-91-67-57-61(58-68(92-52-38-32-26-20-14-8-2)74(67)95-55-41-35-29-23-17-11-5)76(86)82-48-47-71(85)81-49-50-83-77(87)63-43-45-65-73-66(46-44-64(72(63)73)78(83)88)80(90)84(79(65)89)62-59-69(93-53-39-33-27-21-15-9-3)75(96-56-42-36-30-24-18-12-6)70(60-62)94-54-40-34-28-22-16-10-4/h43-46,57-60H,7-42,47-56H2,1-6H3,(H,81,85)(H,82,86). The van der Waals surface area contributed by atoms with Gasteiger partial charge in [0, 0.05) is 76.8 Å². The first kappa shape index (κ1) is 78.2. The normalized spacial score (nSPS) is 12.6.